The average Bonchev–Trinajstić information content (AvgIpc) is 2.39. The molecule has 0 aromatic heterocycles. The molecule has 0 heterocycles. The first kappa shape index (κ1) is 13.5. The third-order valence-electron chi connectivity index (χ3n) is 3.13. The molecule has 0 N–H and O–H groups in total. The fourth-order valence-electron chi connectivity index (χ4n) is 2.06. The van der Waals surface area contributed by atoms with Gasteiger partial charge in [0.05, 0.1) is 0 Å². The maximum Gasteiger partial charge on any atom is 0.0441 e. The molecular formula is C16H16Cl2. The zero-order chi connectivity index (χ0) is 13.0. The molecule has 2 aromatic rings. The van der Waals surface area contributed by atoms with Crippen LogP contribution < -0.4 is 0 Å². The van der Waals surface area contributed by atoms with Crippen molar-refractivity contribution in [2.45, 2.75) is 19.3 Å². The first-order chi connectivity index (χ1) is 8.70. The van der Waals surface area contributed by atoms with Crippen molar-refractivity contribution in [2.24, 2.45) is 0 Å². The Bertz CT molecular complexity index is 503. The normalized spacial score (nSPS) is 12.4. The summed E-state index contributed by atoms with van der Waals surface area (Å²) in [5.74, 6) is 0.848. The number of benzene rings is 2. The Hall–Kier alpha value is -0.980. The van der Waals surface area contributed by atoms with Gasteiger partial charge in [-0.1, -0.05) is 59.6 Å². The highest BCUT2D eigenvalue weighted by molar-refractivity contribution is 6.31. The first-order valence-corrected chi connectivity index (χ1v) is 6.98. The molecule has 0 spiro atoms. The van der Waals surface area contributed by atoms with Crippen LogP contribution in [0.15, 0.2) is 48.5 Å². The number of rotatable bonds is 4. The van der Waals surface area contributed by atoms with Crippen molar-refractivity contribution in [2.75, 3.05) is 5.88 Å². The van der Waals surface area contributed by atoms with Gasteiger partial charge in [-0.3, -0.25) is 0 Å². The molecular weight excluding hydrogens is 263 g/mol. The predicted octanol–water partition coefficient (Wildman–Crippen LogP) is 5.21. The maximum atomic E-state index is 6.23. The lowest BCUT2D eigenvalue weighted by Gasteiger charge is -2.16. The van der Waals surface area contributed by atoms with Gasteiger partial charge in [0.25, 0.3) is 0 Å². The summed E-state index contributed by atoms with van der Waals surface area (Å²) in [6.07, 6.45) is 0.924. The standard InChI is InChI=1S/C16H16Cl2/c1-12-6-8-13(9-7-12)10-14(11-17)15-4-2-3-5-16(15)18/h2-9,14H,10-11H2,1H3. The molecule has 94 valence electrons. The first-order valence-electron chi connectivity index (χ1n) is 6.06. The molecule has 1 atom stereocenters. The third-order valence-corrected chi connectivity index (χ3v) is 3.85. The van der Waals surface area contributed by atoms with Crippen LogP contribution in [-0.2, 0) is 6.42 Å². The van der Waals surface area contributed by atoms with Crippen LogP contribution in [0.3, 0.4) is 0 Å². The Kier molecular flexibility index (Phi) is 4.68. The minimum absolute atomic E-state index is 0.267. The van der Waals surface area contributed by atoms with Gasteiger partial charge in [0, 0.05) is 16.8 Å². The van der Waals surface area contributed by atoms with E-state index in [2.05, 4.69) is 37.3 Å². The van der Waals surface area contributed by atoms with Gasteiger partial charge < -0.3 is 0 Å². The summed E-state index contributed by atoms with van der Waals surface area (Å²) in [4.78, 5) is 0. The molecule has 0 saturated heterocycles. The SMILES string of the molecule is Cc1ccc(CC(CCl)c2ccccc2Cl)cc1. The van der Waals surface area contributed by atoms with Gasteiger partial charge in [0.2, 0.25) is 0 Å². The van der Waals surface area contributed by atoms with Crippen LogP contribution in [-0.4, -0.2) is 5.88 Å². The van der Waals surface area contributed by atoms with Crippen LogP contribution >= 0.6 is 23.2 Å². The second kappa shape index (κ2) is 6.26. The monoisotopic (exact) mass is 278 g/mol. The van der Waals surface area contributed by atoms with Crippen LogP contribution in [0.25, 0.3) is 0 Å². The summed E-state index contributed by atoms with van der Waals surface area (Å²) >= 11 is 12.3. The molecule has 18 heavy (non-hydrogen) atoms. The molecule has 2 aromatic carbocycles. The van der Waals surface area contributed by atoms with Crippen LogP contribution in [0.1, 0.15) is 22.6 Å². The van der Waals surface area contributed by atoms with E-state index >= 15 is 0 Å². The van der Waals surface area contributed by atoms with E-state index in [9.17, 15) is 0 Å². The second-order valence-electron chi connectivity index (χ2n) is 4.56. The van der Waals surface area contributed by atoms with E-state index in [4.69, 9.17) is 23.2 Å². The molecule has 2 rings (SSSR count). The zero-order valence-electron chi connectivity index (χ0n) is 10.4. The van der Waals surface area contributed by atoms with Gasteiger partial charge in [-0.05, 0) is 30.5 Å². The fourth-order valence-corrected chi connectivity index (χ4v) is 2.63. The average molecular weight is 279 g/mol. The summed E-state index contributed by atoms with van der Waals surface area (Å²) in [7, 11) is 0. The van der Waals surface area contributed by atoms with Gasteiger partial charge in [-0.25, -0.2) is 0 Å². The fraction of sp³-hybridized carbons (Fsp3) is 0.250. The highest BCUT2D eigenvalue weighted by Gasteiger charge is 2.14. The number of hydrogen-bond acceptors (Lipinski definition) is 0. The highest BCUT2D eigenvalue weighted by Crippen LogP contribution is 2.28. The zero-order valence-corrected chi connectivity index (χ0v) is 11.9. The van der Waals surface area contributed by atoms with Crippen LogP contribution in [0, 0.1) is 6.92 Å². The summed E-state index contributed by atoms with van der Waals surface area (Å²) < 4.78 is 0. The number of hydrogen-bond donors (Lipinski definition) is 0. The number of aryl methyl sites for hydroxylation is 1. The van der Waals surface area contributed by atoms with Crippen molar-refractivity contribution in [3.63, 3.8) is 0 Å². The van der Waals surface area contributed by atoms with Crippen molar-refractivity contribution in [1.29, 1.82) is 0 Å². The Morgan fingerprint density at radius 3 is 2.28 bits per heavy atom. The molecule has 0 aliphatic heterocycles. The second-order valence-corrected chi connectivity index (χ2v) is 5.28. The molecule has 0 aliphatic carbocycles. The quantitative estimate of drug-likeness (QED) is 0.674. The predicted molar refractivity (Wildman–Crippen MR) is 79.8 cm³/mol. The maximum absolute atomic E-state index is 6.23. The topological polar surface area (TPSA) is 0 Å². The molecule has 0 amide bonds. The minimum atomic E-state index is 0.267. The lowest BCUT2D eigenvalue weighted by atomic mass is 9.93. The number of halogens is 2. The third kappa shape index (κ3) is 3.28. The molecule has 0 nitrogen and oxygen atoms in total. The van der Waals surface area contributed by atoms with E-state index in [0.717, 1.165) is 17.0 Å². The van der Waals surface area contributed by atoms with E-state index in [1.165, 1.54) is 11.1 Å². The van der Waals surface area contributed by atoms with Gasteiger partial charge in [-0.2, -0.15) is 0 Å². The van der Waals surface area contributed by atoms with E-state index in [1.807, 2.05) is 18.2 Å². The molecule has 0 bridgehead atoms. The van der Waals surface area contributed by atoms with Crippen molar-refractivity contribution in [3.8, 4) is 0 Å². The Morgan fingerprint density at radius 1 is 1.00 bits per heavy atom. The van der Waals surface area contributed by atoms with Gasteiger partial charge in [0.1, 0.15) is 0 Å². The number of alkyl halides is 1. The van der Waals surface area contributed by atoms with Crippen LogP contribution in [0.4, 0.5) is 0 Å². The van der Waals surface area contributed by atoms with Crippen molar-refractivity contribution < 1.29 is 0 Å². The summed E-state index contributed by atoms with van der Waals surface area (Å²) in [5, 5.41) is 0.801. The highest BCUT2D eigenvalue weighted by atomic mass is 35.5. The van der Waals surface area contributed by atoms with E-state index in [1.54, 1.807) is 0 Å². The van der Waals surface area contributed by atoms with E-state index in [-0.39, 0.29) is 5.92 Å². The van der Waals surface area contributed by atoms with Crippen molar-refractivity contribution in [1.82, 2.24) is 0 Å². The molecule has 2 heteroatoms. The Balaban J connectivity index is 2.20. The summed E-state index contributed by atoms with van der Waals surface area (Å²) in [6.45, 7) is 2.09. The molecule has 0 aliphatic rings. The van der Waals surface area contributed by atoms with Crippen molar-refractivity contribution in [3.05, 3.63) is 70.2 Å². The summed E-state index contributed by atoms with van der Waals surface area (Å²) in [5.41, 5.74) is 3.71. The van der Waals surface area contributed by atoms with Gasteiger partial charge in [-0.15, -0.1) is 11.6 Å². The van der Waals surface area contributed by atoms with E-state index < -0.39 is 0 Å². The van der Waals surface area contributed by atoms with Crippen LogP contribution in [0.5, 0.6) is 0 Å². The molecule has 0 radical (unpaired) electrons. The summed E-state index contributed by atoms with van der Waals surface area (Å²) in [6, 6.07) is 16.5. The van der Waals surface area contributed by atoms with E-state index in [0.29, 0.717) is 5.88 Å². The Labute approximate surface area is 119 Å². The van der Waals surface area contributed by atoms with Gasteiger partial charge >= 0.3 is 0 Å². The lowest BCUT2D eigenvalue weighted by Crippen LogP contribution is -2.05. The minimum Gasteiger partial charge on any atom is -0.126 e. The van der Waals surface area contributed by atoms with Crippen LogP contribution in [0.2, 0.25) is 5.02 Å². The molecule has 1 unspecified atom stereocenters. The van der Waals surface area contributed by atoms with Gasteiger partial charge in [0.15, 0.2) is 0 Å². The molecule has 0 saturated carbocycles. The van der Waals surface area contributed by atoms with Crippen molar-refractivity contribution >= 4 is 23.2 Å². The smallest absolute Gasteiger partial charge is 0.0441 e. The lowest BCUT2D eigenvalue weighted by molar-refractivity contribution is 0.766. The largest absolute Gasteiger partial charge is 0.126 e. The molecule has 0 fully saturated rings. The Morgan fingerprint density at radius 2 is 1.67 bits per heavy atom.